The van der Waals surface area contributed by atoms with Gasteiger partial charge in [-0.25, -0.2) is 19.6 Å². The second-order valence-corrected chi connectivity index (χ2v) is 11.2. The van der Waals surface area contributed by atoms with Gasteiger partial charge in [0.05, 0.1) is 29.1 Å². The number of nitrogens with one attached hydrogen (secondary N) is 1. The molecule has 2 aromatic carbocycles. The van der Waals surface area contributed by atoms with E-state index in [0.717, 1.165) is 51.0 Å². The smallest absolute Gasteiger partial charge is 0.328 e. The fraction of sp³-hybridized carbons (Fsp3) is 0.419. The van der Waals surface area contributed by atoms with Gasteiger partial charge in [0.25, 0.3) is 0 Å². The summed E-state index contributed by atoms with van der Waals surface area (Å²) in [4.78, 5) is 33.0. The molecule has 0 radical (unpaired) electrons. The number of nitrogens with zero attached hydrogens (tertiary/aromatic N) is 4. The number of carboxylic acid groups (broad SMARTS) is 2. The van der Waals surface area contributed by atoms with Crippen LogP contribution < -0.4 is 24.3 Å². The van der Waals surface area contributed by atoms with E-state index in [1.54, 1.807) is 12.1 Å². The molecular formula is C31H36ClN5O9. The molecule has 3 aliphatic heterocycles. The van der Waals surface area contributed by atoms with Crippen LogP contribution in [-0.4, -0.2) is 114 Å². The van der Waals surface area contributed by atoms with Gasteiger partial charge in [0.15, 0.2) is 11.5 Å². The van der Waals surface area contributed by atoms with Gasteiger partial charge in [-0.15, -0.1) is 0 Å². The Morgan fingerprint density at radius 1 is 1.07 bits per heavy atom. The van der Waals surface area contributed by atoms with E-state index in [-0.39, 0.29) is 12.9 Å². The average Bonchev–Trinajstić information content (AvgIpc) is 3.52. The van der Waals surface area contributed by atoms with Crippen LogP contribution in [0.1, 0.15) is 12.8 Å². The predicted octanol–water partition coefficient (Wildman–Crippen LogP) is 3.65. The molecule has 0 bridgehead atoms. The number of hydrogen-bond donors (Lipinski definition) is 3. The summed E-state index contributed by atoms with van der Waals surface area (Å²) in [7, 11) is 2.16. The molecule has 246 valence electrons. The third-order valence-corrected chi connectivity index (χ3v) is 7.82. The van der Waals surface area contributed by atoms with E-state index in [1.807, 2.05) is 12.1 Å². The Kier molecular flexibility index (Phi) is 11.3. The van der Waals surface area contributed by atoms with Gasteiger partial charge in [0.2, 0.25) is 6.79 Å². The second-order valence-electron chi connectivity index (χ2n) is 10.8. The molecule has 2 fully saturated rings. The van der Waals surface area contributed by atoms with Gasteiger partial charge in [0, 0.05) is 69.9 Å². The molecule has 6 rings (SSSR count). The number of halogens is 1. The minimum Gasteiger partial charge on any atom is -0.492 e. The minimum atomic E-state index is -1.26. The van der Waals surface area contributed by atoms with E-state index in [1.165, 1.54) is 6.33 Å². The standard InChI is InChI=1S/C27H32ClN5O5.C4H4O4/c1-32-6-8-33(9-7-32)10-13-35-19-14-21-24(23(15-19)38-18-4-11-34-12-5-18)27(30-16-29-21)31-25-20(28)2-3-22-26(25)37-17-36-22;5-3(6)1-2-4(7)8/h2-3,14-16,18H,4-13,17H2,1H3,(H,29,30,31);1-2H,(H,5,6)(H,7,8)/b;2-1+. The zero-order chi connectivity index (χ0) is 32.5. The number of benzene rings is 2. The van der Waals surface area contributed by atoms with Crippen molar-refractivity contribution in [2.45, 2.75) is 18.9 Å². The molecule has 0 atom stereocenters. The summed E-state index contributed by atoms with van der Waals surface area (Å²) < 4.78 is 29.5. The Labute approximate surface area is 270 Å². The number of likely N-dealkylation sites (N-methyl/N-ethyl adjacent to an activating group) is 1. The van der Waals surface area contributed by atoms with E-state index in [2.05, 4.69) is 32.1 Å². The molecule has 15 heteroatoms. The number of aromatic nitrogens is 2. The summed E-state index contributed by atoms with van der Waals surface area (Å²) in [6.07, 6.45) is 4.29. The fourth-order valence-electron chi connectivity index (χ4n) is 5.06. The monoisotopic (exact) mass is 657 g/mol. The van der Waals surface area contributed by atoms with Crippen molar-refractivity contribution in [3.63, 3.8) is 0 Å². The van der Waals surface area contributed by atoms with Crippen molar-refractivity contribution >= 4 is 45.9 Å². The largest absolute Gasteiger partial charge is 0.492 e. The molecular weight excluding hydrogens is 622 g/mol. The molecule has 3 N–H and O–H groups in total. The van der Waals surface area contributed by atoms with Crippen LogP contribution in [0.25, 0.3) is 10.9 Å². The number of aliphatic carboxylic acids is 2. The molecule has 3 aliphatic rings. The van der Waals surface area contributed by atoms with Crippen molar-refractivity contribution in [1.29, 1.82) is 0 Å². The van der Waals surface area contributed by atoms with Crippen LogP contribution in [0.3, 0.4) is 0 Å². The van der Waals surface area contributed by atoms with Gasteiger partial charge >= 0.3 is 11.9 Å². The number of carboxylic acids is 2. The lowest BCUT2D eigenvalue weighted by atomic mass is 10.1. The average molecular weight is 658 g/mol. The highest BCUT2D eigenvalue weighted by molar-refractivity contribution is 6.34. The van der Waals surface area contributed by atoms with Gasteiger partial charge < -0.3 is 44.1 Å². The van der Waals surface area contributed by atoms with E-state index >= 15 is 0 Å². The van der Waals surface area contributed by atoms with Gasteiger partial charge in [-0.1, -0.05) is 11.6 Å². The maximum absolute atomic E-state index is 9.55. The molecule has 0 spiro atoms. The molecule has 0 saturated carbocycles. The van der Waals surface area contributed by atoms with Crippen LogP contribution in [0.2, 0.25) is 5.02 Å². The minimum absolute atomic E-state index is 0.0295. The van der Waals surface area contributed by atoms with Crippen molar-refractivity contribution in [3.05, 3.63) is 47.8 Å². The summed E-state index contributed by atoms with van der Waals surface area (Å²) in [6.45, 7) is 7.22. The van der Waals surface area contributed by atoms with E-state index in [9.17, 15) is 9.59 Å². The van der Waals surface area contributed by atoms with Crippen molar-refractivity contribution in [3.8, 4) is 23.0 Å². The Balaban J connectivity index is 0.000000463. The fourth-order valence-corrected chi connectivity index (χ4v) is 5.26. The molecule has 4 heterocycles. The van der Waals surface area contributed by atoms with Crippen LogP contribution >= 0.6 is 11.6 Å². The predicted molar refractivity (Wildman–Crippen MR) is 169 cm³/mol. The third kappa shape index (κ3) is 8.88. The first-order chi connectivity index (χ1) is 22.3. The van der Waals surface area contributed by atoms with E-state index in [0.29, 0.717) is 77.0 Å². The molecule has 2 saturated heterocycles. The molecule has 14 nitrogen and oxygen atoms in total. The topological polar surface area (TPSA) is 165 Å². The molecule has 0 aliphatic carbocycles. The first-order valence-electron chi connectivity index (χ1n) is 14.8. The highest BCUT2D eigenvalue weighted by atomic mass is 35.5. The van der Waals surface area contributed by atoms with Crippen LogP contribution in [-0.2, 0) is 14.3 Å². The van der Waals surface area contributed by atoms with E-state index < -0.39 is 11.9 Å². The SMILES string of the molecule is CN1CCN(CCOc2cc(OC3CCOCC3)c3c(Nc4c(Cl)ccc5c4OCO5)ncnc3c2)CC1.O=C(O)/C=C/C(=O)O. The van der Waals surface area contributed by atoms with Crippen molar-refractivity contribution in [2.75, 3.05) is 71.7 Å². The molecule has 1 aromatic heterocycles. The van der Waals surface area contributed by atoms with Crippen LogP contribution in [0.4, 0.5) is 11.5 Å². The van der Waals surface area contributed by atoms with Crippen molar-refractivity contribution in [2.24, 2.45) is 0 Å². The maximum Gasteiger partial charge on any atom is 0.328 e. The Morgan fingerprint density at radius 2 is 1.80 bits per heavy atom. The quantitative estimate of drug-likeness (QED) is 0.271. The van der Waals surface area contributed by atoms with Crippen LogP contribution in [0, 0.1) is 0 Å². The summed E-state index contributed by atoms with van der Waals surface area (Å²) in [5.41, 5.74) is 1.30. The Bertz CT molecular complexity index is 1540. The number of piperazine rings is 1. The zero-order valence-electron chi connectivity index (χ0n) is 25.3. The summed E-state index contributed by atoms with van der Waals surface area (Å²) in [5.74, 6) is 0.610. The Hall–Kier alpha value is -4.37. The highest BCUT2D eigenvalue weighted by Crippen LogP contribution is 2.46. The van der Waals surface area contributed by atoms with Gasteiger partial charge in [-0.05, 0) is 19.2 Å². The summed E-state index contributed by atoms with van der Waals surface area (Å²) in [6, 6.07) is 7.43. The number of anilines is 2. The van der Waals surface area contributed by atoms with Crippen molar-refractivity contribution in [1.82, 2.24) is 19.8 Å². The normalized spacial score (nSPS) is 17.0. The highest BCUT2D eigenvalue weighted by Gasteiger charge is 2.24. The van der Waals surface area contributed by atoms with Gasteiger partial charge in [0.1, 0.15) is 42.0 Å². The van der Waals surface area contributed by atoms with Crippen LogP contribution in [0.15, 0.2) is 42.7 Å². The van der Waals surface area contributed by atoms with Crippen LogP contribution in [0.5, 0.6) is 23.0 Å². The van der Waals surface area contributed by atoms with Gasteiger partial charge in [-0.2, -0.15) is 0 Å². The zero-order valence-corrected chi connectivity index (χ0v) is 26.1. The lowest BCUT2D eigenvalue weighted by Gasteiger charge is -2.32. The Morgan fingerprint density at radius 3 is 2.52 bits per heavy atom. The van der Waals surface area contributed by atoms with Crippen molar-refractivity contribution < 1.29 is 43.5 Å². The maximum atomic E-state index is 9.55. The third-order valence-electron chi connectivity index (χ3n) is 7.51. The first kappa shape index (κ1) is 33.0. The number of carbonyl (C=O) groups is 2. The molecule has 46 heavy (non-hydrogen) atoms. The number of rotatable bonds is 10. The molecule has 0 amide bonds. The number of fused-ring (bicyclic) bond motifs is 2. The van der Waals surface area contributed by atoms with E-state index in [4.69, 9.17) is 45.5 Å². The number of hydrogen-bond acceptors (Lipinski definition) is 12. The molecule has 3 aromatic rings. The van der Waals surface area contributed by atoms with Gasteiger partial charge in [-0.3, -0.25) is 4.90 Å². The summed E-state index contributed by atoms with van der Waals surface area (Å²) in [5, 5.41) is 20.2. The lowest BCUT2D eigenvalue weighted by molar-refractivity contribution is -0.134. The summed E-state index contributed by atoms with van der Waals surface area (Å²) >= 11 is 6.55. The first-order valence-corrected chi connectivity index (χ1v) is 15.2. The lowest BCUT2D eigenvalue weighted by Crippen LogP contribution is -2.45. The second kappa shape index (κ2) is 15.8. The molecule has 0 unspecified atom stereocenters. The number of ether oxygens (including phenoxy) is 5.